The van der Waals surface area contributed by atoms with E-state index >= 15 is 0 Å². The van der Waals surface area contributed by atoms with Crippen LogP contribution in [0.4, 0.5) is 0 Å². The molecule has 0 aliphatic carbocycles. The van der Waals surface area contributed by atoms with Gasteiger partial charge in [-0.25, -0.2) is 4.98 Å². The van der Waals surface area contributed by atoms with Gasteiger partial charge in [0.25, 0.3) is 5.91 Å². The van der Waals surface area contributed by atoms with E-state index in [4.69, 9.17) is 5.73 Å². The smallest absolute Gasteiger partial charge is 0.271 e. The quantitative estimate of drug-likeness (QED) is 0.891. The summed E-state index contributed by atoms with van der Waals surface area (Å²) in [5.74, 6) is -0.152. The van der Waals surface area contributed by atoms with Crippen LogP contribution >= 0.6 is 0 Å². The number of nitrogens with zero attached hydrogens (tertiary/aromatic N) is 2. The molecular formula is C17H24N4O. The van der Waals surface area contributed by atoms with Crippen molar-refractivity contribution in [1.82, 2.24) is 14.9 Å². The number of hydrogen-bond acceptors (Lipinski definition) is 3. The molecule has 3 N–H and O–H groups in total. The lowest BCUT2D eigenvalue weighted by Crippen LogP contribution is -2.24. The van der Waals surface area contributed by atoms with Crippen molar-refractivity contribution in [2.75, 3.05) is 0 Å². The molecule has 0 aliphatic heterocycles. The zero-order chi connectivity index (χ0) is 16.3. The van der Waals surface area contributed by atoms with Gasteiger partial charge in [-0.1, -0.05) is 12.1 Å². The largest absolute Gasteiger partial charge is 0.347 e. The van der Waals surface area contributed by atoms with Crippen molar-refractivity contribution in [3.63, 3.8) is 0 Å². The van der Waals surface area contributed by atoms with Gasteiger partial charge in [0.15, 0.2) is 0 Å². The summed E-state index contributed by atoms with van der Waals surface area (Å²) in [5, 5.41) is 2.94. The summed E-state index contributed by atoms with van der Waals surface area (Å²) < 4.78 is 1.92. The third kappa shape index (κ3) is 3.54. The van der Waals surface area contributed by atoms with Crippen LogP contribution in [-0.4, -0.2) is 15.5 Å². The van der Waals surface area contributed by atoms with Crippen molar-refractivity contribution in [1.29, 1.82) is 0 Å². The number of hydrogen-bond donors (Lipinski definition) is 2. The number of nitrogens with two attached hydrogens (primary N) is 1. The van der Waals surface area contributed by atoms with Gasteiger partial charge in [0.2, 0.25) is 0 Å². The first-order chi connectivity index (χ1) is 10.4. The molecule has 1 amide bonds. The van der Waals surface area contributed by atoms with Crippen LogP contribution in [0.25, 0.3) is 0 Å². The summed E-state index contributed by atoms with van der Waals surface area (Å²) in [6, 6.07) is 4.44. The summed E-state index contributed by atoms with van der Waals surface area (Å²) in [4.78, 5) is 16.3. The molecule has 22 heavy (non-hydrogen) atoms. The zero-order valence-corrected chi connectivity index (χ0v) is 13.7. The van der Waals surface area contributed by atoms with E-state index in [2.05, 4.69) is 36.3 Å². The third-order valence-corrected chi connectivity index (χ3v) is 3.85. The number of aryl methyl sites for hydroxylation is 2. The van der Waals surface area contributed by atoms with Crippen molar-refractivity contribution in [3.05, 3.63) is 52.6 Å². The average molecular weight is 300 g/mol. The number of nitrogens with one attached hydrogen (secondary N) is 1. The molecule has 0 radical (unpaired) electrons. The molecule has 5 nitrogen and oxygen atoms in total. The highest BCUT2D eigenvalue weighted by molar-refractivity contribution is 5.92. The van der Waals surface area contributed by atoms with Gasteiger partial charge in [0.1, 0.15) is 5.69 Å². The fraction of sp³-hybridized carbons (Fsp3) is 0.412. The van der Waals surface area contributed by atoms with E-state index < -0.39 is 0 Å². The molecule has 118 valence electrons. The van der Waals surface area contributed by atoms with E-state index in [9.17, 15) is 4.79 Å². The molecule has 0 atom stereocenters. The van der Waals surface area contributed by atoms with Crippen molar-refractivity contribution >= 4 is 5.91 Å². The molecule has 0 unspecified atom stereocenters. The highest BCUT2D eigenvalue weighted by atomic mass is 16.1. The monoisotopic (exact) mass is 300 g/mol. The fourth-order valence-electron chi connectivity index (χ4n) is 2.48. The predicted octanol–water partition coefficient (Wildman–Crippen LogP) is 2.47. The topological polar surface area (TPSA) is 72.9 Å². The van der Waals surface area contributed by atoms with Crippen LogP contribution in [0.5, 0.6) is 0 Å². The lowest BCUT2D eigenvalue weighted by molar-refractivity contribution is 0.0946. The van der Waals surface area contributed by atoms with Crippen LogP contribution in [0.1, 0.15) is 52.6 Å². The van der Waals surface area contributed by atoms with Gasteiger partial charge < -0.3 is 15.6 Å². The molecule has 1 heterocycles. The van der Waals surface area contributed by atoms with Crippen LogP contribution < -0.4 is 11.1 Å². The second kappa shape index (κ2) is 6.75. The Balaban J connectivity index is 2.07. The SMILES string of the molecule is Cc1cc(CN)cc(C)c1CNC(=O)c1cn(C(C)C)cn1. The van der Waals surface area contributed by atoms with Crippen LogP contribution in [-0.2, 0) is 13.1 Å². The van der Waals surface area contributed by atoms with E-state index in [1.165, 1.54) is 0 Å². The molecular weight excluding hydrogens is 276 g/mol. The first kappa shape index (κ1) is 16.2. The van der Waals surface area contributed by atoms with Crippen LogP contribution in [0.15, 0.2) is 24.7 Å². The number of imidazole rings is 1. The average Bonchev–Trinajstić information content (AvgIpc) is 2.96. The molecule has 0 saturated heterocycles. The van der Waals surface area contributed by atoms with Gasteiger partial charge in [0.05, 0.1) is 6.33 Å². The Hall–Kier alpha value is -2.14. The second-order valence-electron chi connectivity index (χ2n) is 5.89. The normalized spacial score (nSPS) is 11.0. The van der Waals surface area contributed by atoms with Crippen molar-refractivity contribution < 1.29 is 4.79 Å². The number of carbonyl (C=O) groups is 1. The zero-order valence-electron chi connectivity index (χ0n) is 13.7. The van der Waals surface area contributed by atoms with E-state index in [-0.39, 0.29) is 5.91 Å². The number of aromatic nitrogens is 2. The van der Waals surface area contributed by atoms with Crippen LogP contribution in [0.2, 0.25) is 0 Å². The lowest BCUT2D eigenvalue weighted by Gasteiger charge is -2.12. The van der Waals surface area contributed by atoms with Gasteiger partial charge in [-0.3, -0.25) is 4.79 Å². The molecule has 0 spiro atoms. The minimum atomic E-state index is -0.152. The number of benzene rings is 1. The number of rotatable bonds is 5. The molecule has 1 aromatic heterocycles. The van der Waals surface area contributed by atoms with Crippen molar-refractivity contribution in [3.8, 4) is 0 Å². The highest BCUT2D eigenvalue weighted by Gasteiger charge is 2.12. The Labute approximate surface area is 131 Å². The first-order valence-corrected chi connectivity index (χ1v) is 7.53. The van der Waals surface area contributed by atoms with E-state index in [1.54, 1.807) is 12.5 Å². The summed E-state index contributed by atoms with van der Waals surface area (Å²) in [6.07, 6.45) is 3.46. The molecule has 5 heteroatoms. The predicted molar refractivity (Wildman–Crippen MR) is 87.6 cm³/mol. The minimum absolute atomic E-state index is 0.152. The molecule has 0 bridgehead atoms. The Bertz CT molecular complexity index is 650. The standard InChI is InChI=1S/C17H24N4O/c1-11(2)21-9-16(20-10-21)17(22)19-8-15-12(3)5-14(7-18)6-13(15)4/h5-6,9-11H,7-8,18H2,1-4H3,(H,19,22). The van der Waals surface area contributed by atoms with Crippen LogP contribution in [0, 0.1) is 13.8 Å². The first-order valence-electron chi connectivity index (χ1n) is 7.53. The van der Waals surface area contributed by atoms with Crippen molar-refractivity contribution in [2.45, 2.75) is 46.8 Å². The maximum absolute atomic E-state index is 12.2. The van der Waals surface area contributed by atoms with E-state index in [0.29, 0.717) is 24.8 Å². The molecule has 0 saturated carbocycles. The number of carbonyl (C=O) groups excluding carboxylic acids is 1. The van der Waals surface area contributed by atoms with Gasteiger partial charge >= 0.3 is 0 Å². The Morgan fingerprint density at radius 3 is 2.45 bits per heavy atom. The molecule has 1 aromatic carbocycles. The summed E-state index contributed by atoms with van der Waals surface area (Å²) in [7, 11) is 0. The van der Waals surface area contributed by atoms with E-state index in [0.717, 1.165) is 22.3 Å². The maximum atomic E-state index is 12.2. The van der Waals surface area contributed by atoms with Gasteiger partial charge in [0, 0.05) is 25.3 Å². The Kier molecular flexibility index (Phi) is 4.98. The molecule has 2 rings (SSSR count). The maximum Gasteiger partial charge on any atom is 0.271 e. The molecule has 0 fully saturated rings. The molecule has 0 aliphatic rings. The third-order valence-electron chi connectivity index (χ3n) is 3.85. The summed E-state index contributed by atoms with van der Waals surface area (Å²) in [6.45, 7) is 9.21. The van der Waals surface area contributed by atoms with Gasteiger partial charge in [-0.2, -0.15) is 0 Å². The van der Waals surface area contributed by atoms with E-state index in [1.807, 2.05) is 18.4 Å². The fourth-order valence-corrected chi connectivity index (χ4v) is 2.48. The minimum Gasteiger partial charge on any atom is -0.347 e. The van der Waals surface area contributed by atoms with Crippen molar-refractivity contribution in [2.24, 2.45) is 5.73 Å². The Morgan fingerprint density at radius 2 is 1.95 bits per heavy atom. The number of amides is 1. The Morgan fingerprint density at radius 1 is 1.32 bits per heavy atom. The lowest BCUT2D eigenvalue weighted by atomic mass is 9.99. The molecule has 2 aromatic rings. The summed E-state index contributed by atoms with van der Waals surface area (Å²) in [5.41, 5.74) is 10.7. The van der Waals surface area contributed by atoms with Gasteiger partial charge in [-0.15, -0.1) is 0 Å². The highest BCUT2D eigenvalue weighted by Crippen LogP contribution is 2.16. The summed E-state index contributed by atoms with van der Waals surface area (Å²) >= 11 is 0. The van der Waals surface area contributed by atoms with Crippen LogP contribution in [0.3, 0.4) is 0 Å². The van der Waals surface area contributed by atoms with Gasteiger partial charge in [-0.05, 0) is 49.9 Å². The second-order valence-corrected chi connectivity index (χ2v) is 5.89.